The van der Waals surface area contributed by atoms with E-state index in [1.54, 1.807) is 31.2 Å². The predicted octanol–water partition coefficient (Wildman–Crippen LogP) is 2.09. The molecule has 0 aliphatic carbocycles. The number of esters is 1. The lowest BCUT2D eigenvalue weighted by atomic mass is 10.3. The van der Waals surface area contributed by atoms with Gasteiger partial charge >= 0.3 is 12.0 Å². The van der Waals surface area contributed by atoms with Crippen LogP contribution in [0.4, 0.5) is 10.5 Å². The van der Waals surface area contributed by atoms with E-state index in [0.29, 0.717) is 15.4 Å². The number of hydrogen-bond acceptors (Lipinski definition) is 4. The van der Waals surface area contributed by atoms with Gasteiger partial charge in [0.15, 0.2) is 0 Å². The van der Waals surface area contributed by atoms with E-state index < -0.39 is 17.6 Å². The Morgan fingerprint density at radius 2 is 2.10 bits per heavy atom. The van der Waals surface area contributed by atoms with Crippen molar-refractivity contribution in [2.45, 2.75) is 6.92 Å². The minimum absolute atomic E-state index is 0.101. The van der Waals surface area contributed by atoms with E-state index in [1.165, 1.54) is 0 Å². The molecule has 0 radical (unpaired) electrons. The molecule has 0 atom stereocenters. The number of carbonyl (C=O) groups is 2. The smallest absolute Gasteiger partial charge is 0.356 e. The summed E-state index contributed by atoms with van der Waals surface area (Å²) in [7, 11) is 0. The molecular formula is C13H12ClN3O4. The Kier molecular flexibility index (Phi) is 4.44. The number of amides is 1. The van der Waals surface area contributed by atoms with Gasteiger partial charge in [-0.2, -0.15) is 4.68 Å². The van der Waals surface area contributed by atoms with Gasteiger partial charge in [0.25, 0.3) is 5.56 Å². The van der Waals surface area contributed by atoms with Crippen molar-refractivity contribution in [1.82, 2.24) is 9.78 Å². The number of para-hydroxylation sites is 1. The first-order valence-electron chi connectivity index (χ1n) is 6.08. The molecule has 0 saturated heterocycles. The fourth-order valence-electron chi connectivity index (χ4n) is 1.59. The number of aromatic amines is 1. The van der Waals surface area contributed by atoms with Crippen molar-refractivity contribution in [3.05, 3.63) is 51.4 Å². The largest absolute Gasteiger partial charge is 0.461 e. The summed E-state index contributed by atoms with van der Waals surface area (Å²) in [5.74, 6) is -0.709. The molecule has 0 bridgehead atoms. The minimum Gasteiger partial charge on any atom is -0.461 e. The quantitative estimate of drug-likeness (QED) is 0.849. The summed E-state index contributed by atoms with van der Waals surface area (Å²) in [6.07, 6.45) is 0. The van der Waals surface area contributed by atoms with Crippen LogP contribution in [0.15, 0.2) is 35.1 Å². The molecule has 0 fully saturated rings. The topological polar surface area (TPSA) is 93.2 Å². The summed E-state index contributed by atoms with van der Waals surface area (Å²) in [5, 5.41) is 5.17. The molecule has 2 N–H and O–H groups in total. The number of benzene rings is 1. The molecule has 1 heterocycles. The lowest BCUT2D eigenvalue weighted by molar-refractivity contribution is 0.0519. The van der Waals surface area contributed by atoms with Gasteiger partial charge in [-0.1, -0.05) is 23.7 Å². The number of rotatable bonds is 3. The first-order chi connectivity index (χ1) is 10.0. The SMILES string of the molecule is CCOC(=O)c1cc(=O)n(C(=O)Nc2ccccc2Cl)[nH]1. The normalized spacial score (nSPS) is 10.2. The van der Waals surface area contributed by atoms with Crippen LogP contribution in [0.1, 0.15) is 17.4 Å². The molecule has 2 aromatic rings. The van der Waals surface area contributed by atoms with Gasteiger partial charge in [0.2, 0.25) is 0 Å². The molecule has 0 aliphatic heterocycles. The molecule has 1 aromatic heterocycles. The van der Waals surface area contributed by atoms with Crippen molar-refractivity contribution >= 4 is 29.3 Å². The van der Waals surface area contributed by atoms with Crippen LogP contribution in [-0.4, -0.2) is 28.4 Å². The monoisotopic (exact) mass is 309 g/mol. The zero-order chi connectivity index (χ0) is 15.4. The second-order valence-corrected chi connectivity index (χ2v) is 4.38. The molecule has 0 unspecified atom stereocenters. The highest BCUT2D eigenvalue weighted by molar-refractivity contribution is 6.33. The number of carbonyl (C=O) groups excluding carboxylic acids is 2. The summed E-state index contributed by atoms with van der Waals surface area (Å²) in [4.78, 5) is 35.2. The predicted molar refractivity (Wildman–Crippen MR) is 76.9 cm³/mol. The average molecular weight is 310 g/mol. The standard InChI is InChI=1S/C13H12ClN3O4/c1-2-21-12(19)10-7-11(18)17(16-10)13(20)15-9-6-4-3-5-8(9)14/h3-7,16H,2H2,1H3,(H,15,20). The first-order valence-corrected chi connectivity index (χ1v) is 6.45. The van der Waals surface area contributed by atoms with E-state index in [9.17, 15) is 14.4 Å². The van der Waals surface area contributed by atoms with E-state index in [2.05, 4.69) is 10.4 Å². The highest BCUT2D eigenvalue weighted by atomic mass is 35.5. The van der Waals surface area contributed by atoms with Crippen LogP contribution in [0.2, 0.25) is 5.02 Å². The summed E-state index contributed by atoms with van der Waals surface area (Å²) in [6.45, 7) is 1.80. The summed E-state index contributed by atoms with van der Waals surface area (Å²) in [6, 6.07) is 6.80. The van der Waals surface area contributed by atoms with Crippen molar-refractivity contribution in [3.8, 4) is 0 Å². The van der Waals surface area contributed by atoms with E-state index in [0.717, 1.165) is 6.07 Å². The second kappa shape index (κ2) is 6.27. The average Bonchev–Trinajstić information content (AvgIpc) is 2.84. The Hall–Kier alpha value is -2.54. The van der Waals surface area contributed by atoms with Crippen LogP contribution in [-0.2, 0) is 4.74 Å². The van der Waals surface area contributed by atoms with Gasteiger partial charge in [-0.25, -0.2) is 9.59 Å². The first kappa shape index (κ1) is 14.9. The number of H-pyrrole nitrogens is 1. The van der Waals surface area contributed by atoms with Gasteiger partial charge in [-0.05, 0) is 19.1 Å². The Morgan fingerprint density at radius 3 is 2.76 bits per heavy atom. The highest BCUT2D eigenvalue weighted by Gasteiger charge is 2.16. The van der Waals surface area contributed by atoms with E-state index in [4.69, 9.17) is 16.3 Å². The molecular weight excluding hydrogens is 298 g/mol. The van der Waals surface area contributed by atoms with Crippen LogP contribution >= 0.6 is 11.6 Å². The van der Waals surface area contributed by atoms with E-state index in [1.807, 2.05) is 0 Å². The molecule has 7 nitrogen and oxygen atoms in total. The number of halogens is 1. The zero-order valence-corrected chi connectivity index (χ0v) is 11.8. The number of nitrogens with one attached hydrogen (secondary N) is 2. The van der Waals surface area contributed by atoms with Gasteiger partial charge in [0.05, 0.1) is 17.3 Å². The molecule has 110 valence electrons. The highest BCUT2D eigenvalue weighted by Crippen LogP contribution is 2.20. The lowest BCUT2D eigenvalue weighted by Gasteiger charge is -2.06. The summed E-state index contributed by atoms with van der Waals surface area (Å²) >= 11 is 5.91. The molecule has 21 heavy (non-hydrogen) atoms. The van der Waals surface area contributed by atoms with Gasteiger partial charge in [-0.3, -0.25) is 9.89 Å². The molecule has 0 saturated carbocycles. The fourth-order valence-corrected chi connectivity index (χ4v) is 1.78. The molecule has 2 rings (SSSR count). The number of anilines is 1. The maximum Gasteiger partial charge on any atom is 0.356 e. The molecule has 0 spiro atoms. The lowest BCUT2D eigenvalue weighted by Crippen LogP contribution is -2.29. The molecule has 1 aromatic carbocycles. The van der Waals surface area contributed by atoms with Gasteiger partial charge in [-0.15, -0.1) is 0 Å². The Labute approximate surface area is 124 Å². The van der Waals surface area contributed by atoms with Crippen LogP contribution in [0.25, 0.3) is 0 Å². The molecule has 8 heteroatoms. The number of hydrogen-bond donors (Lipinski definition) is 2. The third-order valence-electron chi connectivity index (χ3n) is 2.53. The number of aromatic nitrogens is 2. The maximum absolute atomic E-state index is 12.0. The van der Waals surface area contributed by atoms with Crippen LogP contribution in [0, 0.1) is 0 Å². The van der Waals surface area contributed by atoms with E-state index in [-0.39, 0.29) is 12.3 Å². The minimum atomic E-state index is -0.761. The molecule has 1 amide bonds. The maximum atomic E-state index is 12.0. The van der Waals surface area contributed by atoms with Crippen molar-refractivity contribution in [1.29, 1.82) is 0 Å². The number of ether oxygens (including phenoxy) is 1. The third-order valence-corrected chi connectivity index (χ3v) is 2.86. The van der Waals surface area contributed by atoms with Gasteiger partial charge in [0, 0.05) is 6.07 Å². The zero-order valence-electron chi connectivity index (χ0n) is 11.1. The van der Waals surface area contributed by atoms with Crippen molar-refractivity contribution < 1.29 is 14.3 Å². The Balaban J connectivity index is 2.22. The second-order valence-electron chi connectivity index (χ2n) is 3.97. The summed E-state index contributed by atoms with van der Waals surface area (Å²) in [5.41, 5.74) is -0.429. The third kappa shape index (κ3) is 3.32. The van der Waals surface area contributed by atoms with Gasteiger partial charge < -0.3 is 10.1 Å². The Bertz CT molecular complexity index is 735. The van der Waals surface area contributed by atoms with Crippen LogP contribution < -0.4 is 10.9 Å². The Morgan fingerprint density at radius 1 is 1.38 bits per heavy atom. The number of nitrogens with zero attached hydrogens (tertiary/aromatic N) is 1. The molecule has 0 aliphatic rings. The van der Waals surface area contributed by atoms with Crippen molar-refractivity contribution in [2.24, 2.45) is 0 Å². The van der Waals surface area contributed by atoms with Crippen LogP contribution in [0.5, 0.6) is 0 Å². The summed E-state index contributed by atoms with van der Waals surface area (Å²) < 4.78 is 5.40. The van der Waals surface area contributed by atoms with Crippen molar-refractivity contribution in [2.75, 3.05) is 11.9 Å². The van der Waals surface area contributed by atoms with Crippen LogP contribution in [0.3, 0.4) is 0 Å². The van der Waals surface area contributed by atoms with Crippen molar-refractivity contribution in [3.63, 3.8) is 0 Å². The van der Waals surface area contributed by atoms with Gasteiger partial charge in [0.1, 0.15) is 5.69 Å². The fraction of sp³-hybridized carbons (Fsp3) is 0.154. The van der Waals surface area contributed by atoms with E-state index >= 15 is 0 Å².